The van der Waals surface area contributed by atoms with Crippen LogP contribution in [-0.2, 0) is 0 Å². The molecule has 0 bridgehead atoms. The summed E-state index contributed by atoms with van der Waals surface area (Å²) in [6.45, 7) is 0. The fourth-order valence-corrected chi connectivity index (χ4v) is 5.81. The van der Waals surface area contributed by atoms with Gasteiger partial charge in [0.05, 0.1) is 22.4 Å². The molecular weight excluding hydrogens is 460 g/mol. The summed E-state index contributed by atoms with van der Waals surface area (Å²) in [7, 11) is 0. The fourth-order valence-electron chi connectivity index (χ4n) is 4.79. The van der Waals surface area contributed by atoms with Gasteiger partial charge < -0.3 is 15.4 Å². The second-order valence-corrected chi connectivity index (χ2v) is 9.80. The van der Waals surface area contributed by atoms with Gasteiger partial charge in [0.15, 0.2) is 0 Å². The Bertz CT molecular complexity index is 1400. The summed E-state index contributed by atoms with van der Waals surface area (Å²) < 4.78 is 5.88. The van der Waals surface area contributed by atoms with E-state index in [4.69, 9.17) is 4.74 Å². The maximum atomic E-state index is 13.3. The van der Waals surface area contributed by atoms with Gasteiger partial charge >= 0.3 is 6.03 Å². The highest BCUT2D eigenvalue weighted by Gasteiger charge is 2.33. The van der Waals surface area contributed by atoms with Gasteiger partial charge in [-0.1, -0.05) is 37.5 Å². The van der Waals surface area contributed by atoms with Gasteiger partial charge in [-0.2, -0.15) is 0 Å². The second-order valence-electron chi connectivity index (χ2n) is 8.80. The molecule has 4 aromatic rings. The molecule has 2 aromatic carbocycles. The molecule has 2 aromatic heterocycles. The van der Waals surface area contributed by atoms with E-state index in [0.29, 0.717) is 27.7 Å². The summed E-state index contributed by atoms with van der Waals surface area (Å²) >= 11 is 1.32. The van der Waals surface area contributed by atoms with Crippen molar-refractivity contribution in [1.82, 2.24) is 10.3 Å². The van der Waals surface area contributed by atoms with Crippen molar-refractivity contribution in [3.05, 3.63) is 71.7 Å². The molecule has 6 rings (SSSR count). The Morgan fingerprint density at radius 3 is 2.51 bits per heavy atom. The molecule has 1 aliphatic heterocycles. The van der Waals surface area contributed by atoms with Gasteiger partial charge in [-0.3, -0.25) is 9.69 Å². The highest BCUT2D eigenvalue weighted by Crippen LogP contribution is 2.46. The van der Waals surface area contributed by atoms with Crippen molar-refractivity contribution in [2.75, 3.05) is 10.2 Å². The molecule has 0 saturated heterocycles. The topological polar surface area (TPSA) is 83.6 Å². The van der Waals surface area contributed by atoms with Gasteiger partial charge in [0.1, 0.15) is 21.2 Å². The number of ether oxygens (including phenoxy) is 1. The first-order chi connectivity index (χ1) is 17.2. The van der Waals surface area contributed by atoms with Crippen LogP contribution in [0.15, 0.2) is 66.9 Å². The Morgan fingerprint density at radius 2 is 1.74 bits per heavy atom. The Morgan fingerprint density at radius 1 is 1.00 bits per heavy atom. The first-order valence-corrected chi connectivity index (χ1v) is 12.7. The van der Waals surface area contributed by atoms with E-state index in [-0.39, 0.29) is 18.0 Å². The summed E-state index contributed by atoms with van der Waals surface area (Å²) in [5.74, 6) is 1.28. The molecule has 0 spiro atoms. The zero-order chi connectivity index (χ0) is 23.8. The van der Waals surface area contributed by atoms with E-state index in [9.17, 15) is 9.59 Å². The summed E-state index contributed by atoms with van der Waals surface area (Å²) in [4.78, 5) is 33.7. The second kappa shape index (κ2) is 9.03. The monoisotopic (exact) mass is 484 g/mol. The number of nitrogens with one attached hydrogen (secondary N) is 2. The third-order valence-electron chi connectivity index (χ3n) is 6.47. The van der Waals surface area contributed by atoms with Crippen molar-refractivity contribution in [3.8, 4) is 11.5 Å². The number of rotatable bonds is 5. The summed E-state index contributed by atoms with van der Waals surface area (Å²) in [5, 5.41) is 6.91. The molecule has 35 heavy (non-hydrogen) atoms. The lowest BCUT2D eigenvalue weighted by Crippen LogP contribution is -2.37. The van der Waals surface area contributed by atoms with Crippen LogP contribution in [0.2, 0.25) is 0 Å². The van der Waals surface area contributed by atoms with Crippen LogP contribution in [0.5, 0.6) is 11.5 Å². The minimum atomic E-state index is -0.313. The minimum absolute atomic E-state index is 0.142. The summed E-state index contributed by atoms with van der Waals surface area (Å²) in [6, 6.07) is 18.6. The summed E-state index contributed by atoms with van der Waals surface area (Å²) in [6.07, 6.45) is 7.17. The summed E-state index contributed by atoms with van der Waals surface area (Å²) in [5.41, 5.74) is 1.95. The van der Waals surface area contributed by atoms with E-state index in [0.717, 1.165) is 41.6 Å². The number of urea groups is 1. The molecule has 8 heteroatoms. The minimum Gasteiger partial charge on any atom is -0.457 e. The molecule has 1 saturated carbocycles. The Hall–Kier alpha value is -3.91. The fraction of sp³-hybridized carbons (Fsp3) is 0.222. The van der Waals surface area contributed by atoms with Gasteiger partial charge in [-0.25, -0.2) is 9.78 Å². The van der Waals surface area contributed by atoms with Crippen LogP contribution in [0.25, 0.3) is 10.2 Å². The van der Waals surface area contributed by atoms with Crippen molar-refractivity contribution in [2.45, 2.75) is 38.1 Å². The maximum absolute atomic E-state index is 13.3. The van der Waals surface area contributed by atoms with Crippen LogP contribution in [0.3, 0.4) is 0 Å². The number of amides is 3. The van der Waals surface area contributed by atoms with Crippen molar-refractivity contribution < 1.29 is 14.3 Å². The van der Waals surface area contributed by atoms with Crippen LogP contribution in [-0.4, -0.2) is 23.0 Å². The number of pyridine rings is 1. The van der Waals surface area contributed by atoms with Gasteiger partial charge in [-0.15, -0.1) is 11.3 Å². The Labute approximate surface area is 206 Å². The molecule has 176 valence electrons. The third-order valence-corrected chi connectivity index (χ3v) is 7.56. The number of hydrogen-bond donors (Lipinski definition) is 2. The van der Waals surface area contributed by atoms with E-state index in [1.165, 1.54) is 17.8 Å². The molecule has 2 aliphatic rings. The van der Waals surface area contributed by atoms with Gasteiger partial charge in [0.2, 0.25) is 0 Å². The number of benzene rings is 2. The van der Waals surface area contributed by atoms with E-state index in [1.54, 1.807) is 11.1 Å². The molecule has 1 aliphatic carbocycles. The standard InChI is InChI=1S/C27H24N4O3S/c32-25(29-17-7-3-1-4-8-17)24-23-22-21(15-16-28-26(22)35-24)31(27(33)30-23)18-11-13-20(14-12-18)34-19-9-5-2-6-10-19/h2,5-6,9-17H,1,3-4,7-8H2,(H,29,32)(H,30,33). The van der Waals surface area contributed by atoms with E-state index < -0.39 is 0 Å². The number of carbonyl (C=O) groups excluding carboxylic acids is 2. The first-order valence-electron chi connectivity index (χ1n) is 11.8. The van der Waals surface area contributed by atoms with Gasteiger partial charge in [-0.05, 0) is 55.3 Å². The molecule has 3 amide bonds. The number of nitrogens with zero attached hydrogens (tertiary/aromatic N) is 2. The first kappa shape index (κ1) is 21.6. The van der Waals surface area contributed by atoms with Gasteiger partial charge in [0.25, 0.3) is 5.91 Å². The molecule has 3 heterocycles. The van der Waals surface area contributed by atoms with Crippen LogP contribution in [0, 0.1) is 0 Å². The van der Waals surface area contributed by atoms with Crippen molar-refractivity contribution in [2.24, 2.45) is 0 Å². The molecule has 2 N–H and O–H groups in total. The smallest absolute Gasteiger partial charge is 0.331 e. The highest BCUT2D eigenvalue weighted by atomic mass is 32.1. The normalized spacial score (nSPS) is 15.7. The third kappa shape index (κ3) is 4.10. The predicted molar refractivity (Wildman–Crippen MR) is 138 cm³/mol. The Kier molecular flexibility index (Phi) is 5.58. The highest BCUT2D eigenvalue weighted by molar-refractivity contribution is 7.21. The number of anilines is 3. The molecule has 1 fully saturated rings. The largest absolute Gasteiger partial charge is 0.457 e. The number of thiophene rings is 1. The number of aromatic nitrogens is 1. The SMILES string of the molecule is O=C(NC1CCCCC1)c1sc2nccc3c2c1NC(=O)N3c1ccc(Oc2ccccc2)cc1. The van der Waals surface area contributed by atoms with E-state index in [1.807, 2.05) is 60.7 Å². The van der Waals surface area contributed by atoms with E-state index >= 15 is 0 Å². The lowest BCUT2D eigenvalue weighted by atomic mass is 9.95. The number of hydrogen-bond acceptors (Lipinski definition) is 5. The van der Waals surface area contributed by atoms with Crippen molar-refractivity contribution in [1.29, 1.82) is 0 Å². The molecule has 7 nitrogen and oxygen atoms in total. The van der Waals surface area contributed by atoms with Crippen molar-refractivity contribution >= 4 is 50.6 Å². The quantitative estimate of drug-likeness (QED) is 0.325. The van der Waals surface area contributed by atoms with Crippen molar-refractivity contribution in [3.63, 3.8) is 0 Å². The molecule has 0 radical (unpaired) electrons. The zero-order valence-corrected chi connectivity index (χ0v) is 19.8. The molecular formula is C27H24N4O3S. The lowest BCUT2D eigenvalue weighted by molar-refractivity contribution is 0.0932. The molecule has 0 unspecified atom stereocenters. The maximum Gasteiger partial charge on any atom is 0.331 e. The number of carbonyl (C=O) groups is 2. The van der Waals surface area contributed by atoms with Crippen LogP contribution in [0.1, 0.15) is 41.8 Å². The van der Waals surface area contributed by atoms with Crippen LogP contribution < -0.4 is 20.3 Å². The average molecular weight is 485 g/mol. The van der Waals surface area contributed by atoms with Crippen LogP contribution in [0.4, 0.5) is 21.9 Å². The molecule has 0 atom stereocenters. The van der Waals surface area contributed by atoms with E-state index in [2.05, 4.69) is 15.6 Å². The Balaban J connectivity index is 1.31. The number of para-hydroxylation sites is 1. The van der Waals surface area contributed by atoms with Gasteiger partial charge in [0, 0.05) is 12.2 Å². The van der Waals surface area contributed by atoms with Crippen LogP contribution >= 0.6 is 11.3 Å². The predicted octanol–water partition coefficient (Wildman–Crippen LogP) is 6.83. The lowest BCUT2D eigenvalue weighted by Gasteiger charge is -2.28. The zero-order valence-electron chi connectivity index (χ0n) is 19.0. The average Bonchev–Trinajstić information content (AvgIpc) is 3.26.